The van der Waals surface area contributed by atoms with Crippen LogP contribution in [-0.4, -0.2) is 11.6 Å². The maximum Gasteiger partial charge on any atom is 0.120 e. The summed E-state index contributed by atoms with van der Waals surface area (Å²) < 4.78 is 5.65. The van der Waals surface area contributed by atoms with Gasteiger partial charge >= 0.3 is 0 Å². The van der Waals surface area contributed by atoms with Crippen LogP contribution in [0.15, 0.2) is 48.5 Å². The van der Waals surface area contributed by atoms with Crippen molar-refractivity contribution in [2.24, 2.45) is 0 Å². The minimum Gasteiger partial charge on any atom is -0.494 e. The maximum absolute atomic E-state index is 5.65. The summed E-state index contributed by atoms with van der Waals surface area (Å²) in [5.74, 6) is 1.46. The third kappa shape index (κ3) is 4.47. The van der Waals surface area contributed by atoms with Crippen LogP contribution >= 0.6 is 12.4 Å². The summed E-state index contributed by atoms with van der Waals surface area (Å²) in [7, 11) is 0. The molecular weight excluding hydrogens is 344 g/mol. The van der Waals surface area contributed by atoms with Crippen LogP contribution in [0.5, 0.6) is 5.75 Å². The molecule has 1 N–H and O–H groups in total. The number of hydrogen-bond acceptors (Lipinski definition) is 3. The third-order valence-electron chi connectivity index (χ3n) is 4.59. The van der Waals surface area contributed by atoms with E-state index in [2.05, 4.69) is 60.5 Å². The monoisotopic (exact) mass is 370 g/mol. The fourth-order valence-electron chi connectivity index (χ4n) is 2.98. The molecule has 138 valence electrons. The van der Waals surface area contributed by atoms with Crippen molar-refractivity contribution in [1.29, 1.82) is 0 Å². The van der Waals surface area contributed by atoms with E-state index >= 15 is 0 Å². The lowest BCUT2D eigenvalue weighted by atomic mass is 9.98. The van der Waals surface area contributed by atoms with E-state index in [4.69, 9.17) is 4.74 Å². The Labute approximate surface area is 162 Å². The predicted molar refractivity (Wildman–Crippen MR) is 113 cm³/mol. The first-order valence-electron chi connectivity index (χ1n) is 9.02. The van der Waals surface area contributed by atoms with Gasteiger partial charge in [0.1, 0.15) is 5.75 Å². The molecular formula is C22H27ClN2O. The van der Waals surface area contributed by atoms with Gasteiger partial charge < -0.3 is 10.1 Å². The van der Waals surface area contributed by atoms with Gasteiger partial charge in [-0.25, -0.2) is 0 Å². The van der Waals surface area contributed by atoms with Gasteiger partial charge in [0.25, 0.3) is 0 Å². The van der Waals surface area contributed by atoms with Crippen LogP contribution in [0.3, 0.4) is 0 Å². The quantitative estimate of drug-likeness (QED) is 0.529. The van der Waals surface area contributed by atoms with Crippen LogP contribution in [-0.2, 0) is 0 Å². The molecule has 3 aromatic rings. The summed E-state index contributed by atoms with van der Waals surface area (Å²) in [4.78, 5) is 4.63. The largest absolute Gasteiger partial charge is 0.494 e. The Morgan fingerprint density at radius 1 is 1.04 bits per heavy atom. The van der Waals surface area contributed by atoms with Crippen LogP contribution in [0, 0.1) is 6.92 Å². The molecule has 0 aliphatic rings. The smallest absolute Gasteiger partial charge is 0.120 e. The molecule has 3 nitrogen and oxygen atoms in total. The molecule has 0 aliphatic carbocycles. The number of fused-ring (bicyclic) bond motifs is 1. The third-order valence-corrected chi connectivity index (χ3v) is 4.59. The van der Waals surface area contributed by atoms with E-state index < -0.39 is 0 Å². The standard InChI is InChI=1S/C22H26N2O.ClH/c1-5-15(3)17-7-9-18(10-8-17)24-22-13-16(4)23-21-12-11-19(25-6-2)14-20(21)22;/h7-15H,5-6H2,1-4H3,(H,23,24);1H. The van der Waals surface area contributed by atoms with Crippen LogP contribution in [0.1, 0.15) is 44.4 Å². The molecule has 4 heteroatoms. The Hall–Kier alpha value is -2.26. The number of anilines is 2. The zero-order valence-corrected chi connectivity index (χ0v) is 16.7. The lowest BCUT2D eigenvalue weighted by Crippen LogP contribution is -1.97. The highest BCUT2D eigenvalue weighted by atomic mass is 35.5. The molecule has 0 aliphatic heterocycles. The molecule has 0 amide bonds. The molecule has 0 spiro atoms. The normalized spacial score (nSPS) is 11.7. The number of nitrogens with zero attached hydrogens (tertiary/aromatic N) is 1. The minimum absolute atomic E-state index is 0. The van der Waals surface area contributed by atoms with Gasteiger partial charge in [-0.2, -0.15) is 0 Å². The number of hydrogen-bond donors (Lipinski definition) is 1. The molecule has 0 bridgehead atoms. The zero-order valence-electron chi connectivity index (χ0n) is 15.9. The fourth-order valence-corrected chi connectivity index (χ4v) is 2.98. The summed E-state index contributed by atoms with van der Waals surface area (Å²) >= 11 is 0. The summed E-state index contributed by atoms with van der Waals surface area (Å²) in [5.41, 5.74) is 5.49. The second-order valence-electron chi connectivity index (χ2n) is 6.48. The number of aromatic nitrogens is 1. The van der Waals surface area contributed by atoms with E-state index in [-0.39, 0.29) is 12.4 Å². The van der Waals surface area contributed by atoms with Gasteiger partial charge in [-0.15, -0.1) is 12.4 Å². The van der Waals surface area contributed by atoms with E-state index in [1.807, 2.05) is 26.0 Å². The minimum atomic E-state index is 0. The molecule has 0 saturated heterocycles. The highest BCUT2D eigenvalue weighted by Crippen LogP contribution is 2.30. The molecule has 26 heavy (non-hydrogen) atoms. The van der Waals surface area contributed by atoms with Crippen molar-refractivity contribution in [3.8, 4) is 5.75 Å². The van der Waals surface area contributed by atoms with Gasteiger partial charge in [-0.05, 0) is 68.1 Å². The predicted octanol–water partition coefficient (Wildman–Crippen LogP) is 6.62. The van der Waals surface area contributed by atoms with Crippen molar-refractivity contribution >= 4 is 34.7 Å². The molecule has 0 radical (unpaired) electrons. The second-order valence-corrected chi connectivity index (χ2v) is 6.48. The van der Waals surface area contributed by atoms with Gasteiger partial charge in [0, 0.05) is 22.5 Å². The first-order valence-corrected chi connectivity index (χ1v) is 9.02. The summed E-state index contributed by atoms with van der Waals surface area (Å²) in [6.45, 7) is 9.16. The second kappa shape index (κ2) is 8.91. The van der Waals surface area contributed by atoms with Crippen LogP contribution < -0.4 is 10.1 Å². The van der Waals surface area contributed by atoms with Crippen LogP contribution in [0.2, 0.25) is 0 Å². The van der Waals surface area contributed by atoms with Gasteiger partial charge in [-0.1, -0.05) is 26.0 Å². The van der Waals surface area contributed by atoms with Crippen molar-refractivity contribution in [1.82, 2.24) is 4.98 Å². The van der Waals surface area contributed by atoms with Crippen LogP contribution in [0.25, 0.3) is 10.9 Å². The van der Waals surface area contributed by atoms with Crippen molar-refractivity contribution < 1.29 is 4.74 Å². The molecule has 1 atom stereocenters. The average Bonchev–Trinajstić information content (AvgIpc) is 2.62. The van der Waals surface area contributed by atoms with Crippen molar-refractivity contribution in [3.05, 3.63) is 59.8 Å². The van der Waals surface area contributed by atoms with Gasteiger partial charge in [0.15, 0.2) is 0 Å². The lowest BCUT2D eigenvalue weighted by Gasteiger charge is -2.14. The van der Waals surface area contributed by atoms with E-state index in [9.17, 15) is 0 Å². The number of halogens is 1. The van der Waals surface area contributed by atoms with Crippen molar-refractivity contribution in [3.63, 3.8) is 0 Å². The Kier molecular flexibility index (Phi) is 6.87. The Bertz CT molecular complexity index is 862. The highest BCUT2D eigenvalue weighted by molar-refractivity contribution is 5.94. The first-order chi connectivity index (χ1) is 12.1. The number of ether oxygens (including phenoxy) is 1. The molecule has 0 saturated carbocycles. The molecule has 1 unspecified atom stereocenters. The summed E-state index contributed by atoms with van der Waals surface area (Å²) in [5, 5.41) is 4.62. The number of nitrogens with one attached hydrogen (secondary N) is 1. The highest BCUT2D eigenvalue weighted by Gasteiger charge is 2.08. The number of rotatable bonds is 6. The van der Waals surface area contributed by atoms with Gasteiger partial charge in [0.05, 0.1) is 12.1 Å². The maximum atomic E-state index is 5.65. The molecule has 2 aromatic carbocycles. The number of pyridine rings is 1. The first kappa shape index (κ1) is 20.1. The Morgan fingerprint density at radius 3 is 2.42 bits per heavy atom. The van der Waals surface area contributed by atoms with E-state index in [0.717, 1.165) is 40.1 Å². The summed E-state index contributed by atoms with van der Waals surface area (Å²) in [6.07, 6.45) is 1.15. The van der Waals surface area contributed by atoms with Gasteiger partial charge in [0.2, 0.25) is 0 Å². The average molecular weight is 371 g/mol. The van der Waals surface area contributed by atoms with Crippen LogP contribution in [0.4, 0.5) is 11.4 Å². The van der Waals surface area contributed by atoms with Crippen molar-refractivity contribution in [2.75, 3.05) is 11.9 Å². The SMILES string of the molecule is CCOc1ccc2nc(C)cc(Nc3ccc(C(C)CC)cc3)c2c1.Cl. The van der Waals surface area contributed by atoms with Crippen molar-refractivity contribution in [2.45, 2.75) is 40.0 Å². The number of benzene rings is 2. The molecule has 3 rings (SSSR count). The number of aryl methyl sites for hydroxylation is 1. The molecule has 1 heterocycles. The molecule has 1 aromatic heterocycles. The van der Waals surface area contributed by atoms with E-state index in [1.54, 1.807) is 0 Å². The zero-order chi connectivity index (χ0) is 17.8. The topological polar surface area (TPSA) is 34.1 Å². The Morgan fingerprint density at radius 2 is 1.77 bits per heavy atom. The lowest BCUT2D eigenvalue weighted by molar-refractivity contribution is 0.340. The van der Waals surface area contributed by atoms with Gasteiger partial charge in [-0.3, -0.25) is 4.98 Å². The van der Waals surface area contributed by atoms with E-state index in [0.29, 0.717) is 12.5 Å². The Balaban J connectivity index is 0.00000243. The molecule has 0 fully saturated rings. The van der Waals surface area contributed by atoms with E-state index in [1.165, 1.54) is 5.56 Å². The fraction of sp³-hybridized carbons (Fsp3) is 0.318. The summed E-state index contributed by atoms with van der Waals surface area (Å²) in [6, 6.07) is 16.8.